The van der Waals surface area contributed by atoms with Gasteiger partial charge in [-0.25, -0.2) is 0 Å². The molecule has 1 unspecified atom stereocenters. The third-order valence-corrected chi connectivity index (χ3v) is 6.58. The molecule has 1 fully saturated rings. The van der Waals surface area contributed by atoms with E-state index in [0.717, 1.165) is 15.7 Å². The molecule has 3 atom stereocenters. The van der Waals surface area contributed by atoms with Crippen molar-refractivity contribution in [2.75, 3.05) is 20.1 Å². The van der Waals surface area contributed by atoms with Crippen LogP contribution in [-0.4, -0.2) is 52.2 Å². The molecule has 4 rings (SSSR count). The van der Waals surface area contributed by atoms with Crippen molar-refractivity contribution in [1.29, 1.82) is 0 Å². The largest absolute Gasteiger partial charge is 0.507 e. The molecule has 2 heterocycles. The fourth-order valence-electron chi connectivity index (χ4n) is 4.19. The average molecular weight is 495 g/mol. The summed E-state index contributed by atoms with van der Waals surface area (Å²) in [4.78, 5) is 14.9. The second kappa shape index (κ2) is 7.53. The first kappa shape index (κ1) is 19.5. The number of likely N-dealkylation sites (tertiary alicyclic amines) is 1. The van der Waals surface area contributed by atoms with E-state index in [2.05, 4.69) is 22.6 Å². The van der Waals surface area contributed by atoms with Crippen LogP contribution in [0.15, 0.2) is 30.3 Å². The number of aliphatic hydroxyl groups excluding tert-OH is 1. The SMILES string of the molecule is CN1CC[C@@H](c2c(O)cc(O)c3c2OC(c2ccccc2I)CC3=O)[C@@H](O)C1. The van der Waals surface area contributed by atoms with Gasteiger partial charge in [0.25, 0.3) is 0 Å². The summed E-state index contributed by atoms with van der Waals surface area (Å²) in [5.41, 5.74) is 1.40. The number of Topliss-reactive ketones (excluding diaryl/α,β-unsaturated/α-hetero) is 1. The highest BCUT2D eigenvalue weighted by Gasteiger charge is 2.39. The highest BCUT2D eigenvalue weighted by Crippen LogP contribution is 2.50. The van der Waals surface area contributed by atoms with Gasteiger partial charge in [-0.1, -0.05) is 18.2 Å². The van der Waals surface area contributed by atoms with Gasteiger partial charge in [-0.05, 0) is 48.7 Å². The van der Waals surface area contributed by atoms with E-state index in [1.54, 1.807) is 0 Å². The van der Waals surface area contributed by atoms with Gasteiger partial charge in [0.15, 0.2) is 5.78 Å². The molecular weight excluding hydrogens is 473 g/mol. The number of hydrogen-bond donors (Lipinski definition) is 3. The number of phenolic OH excluding ortho intramolecular Hbond substituents is 2. The van der Waals surface area contributed by atoms with Crippen molar-refractivity contribution in [3.8, 4) is 17.2 Å². The van der Waals surface area contributed by atoms with Gasteiger partial charge in [0.05, 0.1) is 12.5 Å². The van der Waals surface area contributed by atoms with Crippen LogP contribution in [-0.2, 0) is 0 Å². The van der Waals surface area contributed by atoms with E-state index in [1.165, 1.54) is 6.07 Å². The zero-order valence-corrected chi connectivity index (χ0v) is 17.6. The summed E-state index contributed by atoms with van der Waals surface area (Å²) < 4.78 is 7.20. The van der Waals surface area contributed by atoms with Crippen LogP contribution < -0.4 is 4.74 Å². The van der Waals surface area contributed by atoms with Crippen LogP contribution >= 0.6 is 22.6 Å². The van der Waals surface area contributed by atoms with E-state index >= 15 is 0 Å². The van der Waals surface area contributed by atoms with Crippen molar-refractivity contribution in [3.05, 3.63) is 50.6 Å². The molecule has 0 radical (unpaired) electrons. The van der Waals surface area contributed by atoms with Gasteiger partial charge in [0.1, 0.15) is 28.9 Å². The number of carbonyl (C=O) groups excluding carboxylic acids is 1. The van der Waals surface area contributed by atoms with E-state index in [4.69, 9.17) is 4.74 Å². The summed E-state index contributed by atoms with van der Waals surface area (Å²) >= 11 is 2.20. The second-order valence-corrected chi connectivity index (χ2v) is 8.67. The maximum absolute atomic E-state index is 12.9. The summed E-state index contributed by atoms with van der Waals surface area (Å²) in [6.07, 6.45) is -0.473. The van der Waals surface area contributed by atoms with Crippen molar-refractivity contribution in [3.63, 3.8) is 0 Å². The number of benzene rings is 2. The van der Waals surface area contributed by atoms with E-state index in [1.807, 2.05) is 36.2 Å². The standard InChI is InChI=1S/C21H22INO5/c1-23-7-6-12(17(27)10-23)19-14(24)8-15(25)20-16(26)9-18(28-21(19)20)11-4-2-3-5-13(11)22/h2-5,8,12,17-18,24-25,27H,6-7,9-10H2,1H3/t12-,17+,18?/m1/s1. The summed E-state index contributed by atoms with van der Waals surface area (Å²) in [6.45, 7) is 1.22. The molecule has 0 aromatic heterocycles. The number of ketones is 1. The molecule has 0 spiro atoms. The van der Waals surface area contributed by atoms with Crippen molar-refractivity contribution < 1.29 is 24.9 Å². The van der Waals surface area contributed by atoms with E-state index in [-0.39, 0.29) is 40.9 Å². The van der Waals surface area contributed by atoms with Gasteiger partial charge < -0.3 is 25.0 Å². The van der Waals surface area contributed by atoms with Gasteiger partial charge >= 0.3 is 0 Å². The normalized spacial score (nSPS) is 25.2. The lowest BCUT2D eigenvalue weighted by Crippen LogP contribution is -2.40. The Morgan fingerprint density at radius 3 is 2.68 bits per heavy atom. The zero-order valence-electron chi connectivity index (χ0n) is 15.4. The first-order valence-electron chi connectivity index (χ1n) is 9.26. The van der Waals surface area contributed by atoms with Crippen LogP contribution in [0.25, 0.3) is 0 Å². The lowest BCUT2D eigenvalue weighted by molar-refractivity contribution is 0.0592. The first-order valence-corrected chi connectivity index (χ1v) is 10.3. The molecule has 0 amide bonds. The number of aromatic hydroxyl groups is 2. The topological polar surface area (TPSA) is 90.2 Å². The molecule has 2 aliphatic rings. The first-order chi connectivity index (χ1) is 13.4. The number of β-amino-alcohol motifs (C(OH)–C–C–N with tert-alkyl or cyclic N) is 1. The van der Waals surface area contributed by atoms with Gasteiger partial charge in [-0.2, -0.15) is 0 Å². The molecule has 0 aliphatic carbocycles. The van der Waals surface area contributed by atoms with Crippen molar-refractivity contribution >= 4 is 28.4 Å². The smallest absolute Gasteiger partial charge is 0.174 e. The number of phenols is 2. The molecule has 7 heteroatoms. The lowest BCUT2D eigenvalue weighted by atomic mass is 9.83. The molecular formula is C21H22INO5. The molecule has 0 bridgehead atoms. The van der Waals surface area contributed by atoms with Crippen molar-refractivity contribution in [1.82, 2.24) is 4.90 Å². The minimum Gasteiger partial charge on any atom is -0.507 e. The Labute approximate surface area is 176 Å². The Kier molecular flexibility index (Phi) is 5.24. The third-order valence-electron chi connectivity index (χ3n) is 5.59. The van der Waals surface area contributed by atoms with Crippen LogP contribution in [0.1, 0.15) is 46.3 Å². The number of fused-ring (bicyclic) bond motifs is 1. The number of carbonyl (C=O) groups is 1. The van der Waals surface area contributed by atoms with Gasteiger partial charge in [-0.3, -0.25) is 4.79 Å². The Morgan fingerprint density at radius 2 is 1.96 bits per heavy atom. The van der Waals surface area contributed by atoms with Gasteiger partial charge in [-0.15, -0.1) is 0 Å². The number of likely N-dealkylation sites (N-methyl/N-ethyl adjacent to an activating group) is 1. The maximum atomic E-state index is 12.9. The molecule has 2 aromatic rings. The van der Waals surface area contributed by atoms with E-state index in [9.17, 15) is 20.1 Å². The molecule has 2 aromatic carbocycles. The lowest BCUT2D eigenvalue weighted by Gasteiger charge is -2.37. The van der Waals surface area contributed by atoms with Crippen molar-refractivity contribution in [2.45, 2.75) is 31.0 Å². The Bertz CT molecular complexity index is 931. The maximum Gasteiger partial charge on any atom is 0.174 e. The Hall–Kier alpha value is -1.84. The second-order valence-electron chi connectivity index (χ2n) is 7.51. The predicted octanol–water partition coefficient (Wildman–Crippen LogP) is 3.19. The fourth-order valence-corrected chi connectivity index (χ4v) is 4.92. The minimum atomic E-state index is -0.700. The number of aliphatic hydroxyl groups is 1. The van der Waals surface area contributed by atoms with Crippen LogP contribution in [0.5, 0.6) is 17.2 Å². The molecule has 6 nitrogen and oxygen atoms in total. The summed E-state index contributed by atoms with van der Waals surface area (Å²) in [5.74, 6) is -0.836. The Balaban J connectivity index is 1.82. The highest BCUT2D eigenvalue weighted by molar-refractivity contribution is 14.1. The van der Waals surface area contributed by atoms with Crippen LogP contribution in [0, 0.1) is 3.57 Å². The van der Waals surface area contributed by atoms with E-state index < -0.39 is 12.2 Å². The third kappa shape index (κ3) is 3.35. The number of rotatable bonds is 2. The summed E-state index contributed by atoms with van der Waals surface area (Å²) in [7, 11) is 1.93. The number of piperidine rings is 1. The van der Waals surface area contributed by atoms with Crippen molar-refractivity contribution in [2.24, 2.45) is 0 Å². The molecule has 0 saturated carbocycles. The zero-order chi connectivity index (χ0) is 20.0. The minimum absolute atomic E-state index is 0.0983. The number of ether oxygens (including phenoxy) is 1. The molecule has 2 aliphatic heterocycles. The predicted molar refractivity (Wildman–Crippen MR) is 112 cm³/mol. The Morgan fingerprint density at radius 1 is 1.21 bits per heavy atom. The molecule has 3 N–H and O–H groups in total. The van der Waals surface area contributed by atoms with E-state index in [0.29, 0.717) is 18.5 Å². The van der Waals surface area contributed by atoms with Crippen LogP contribution in [0.3, 0.4) is 0 Å². The molecule has 1 saturated heterocycles. The number of nitrogens with zero attached hydrogens (tertiary/aromatic N) is 1. The molecule has 148 valence electrons. The average Bonchev–Trinajstić information content (AvgIpc) is 2.63. The summed E-state index contributed by atoms with van der Waals surface area (Å²) in [5, 5.41) is 31.5. The van der Waals surface area contributed by atoms with Gasteiger partial charge in [0, 0.05) is 33.2 Å². The fraction of sp³-hybridized carbons (Fsp3) is 0.381. The monoisotopic (exact) mass is 495 g/mol. The molecule has 28 heavy (non-hydrogen) atoms. The number of halogens is 1. The van der Waals surface area contributed by atoms with Gasteiger partial charge in [0.2, 0.25) is 0 Å². The summed E-state index contributed by atoms with van der Waals surface area (Å²) in [6, 6.07) is 8.86. The van der Waals surface area contributed by atoms with Crippen LogP contribution in [0.4, 0.5) is 0 Å². The highest BCUT2D eigenvalue weighted by atomic mass is 127. The quantitative estimate of drug-likeness (QED) is 0.555. The number of hydrogen-bond acceptors (Lipinski definition) is 6. The van der Waals surface area contributed by atoms with Crippen LogP contribution in [0.2, 0.25) is 0 Å².